The largest absolute Gasteiger partial charge is 0.307 e. The lowest BCUT2D eigenvalue weighted by molar-refractivity contribution is -0.0979. The molecule has 1 aromatic rings. The average Bonchev–Trinajstić information content (AvgIpc) is 2.69. The van der Waals surface area contributed by atoms with Crippen LogP contribution >= 0.6 is 0 Å². The van der Waals surface area contributed by atoms with Crippen LogP contribution in [0.5, 0.6) is 0 Å². The van der Waals surface area contributed by atoms with E-state index in [1.807, 2.05) is 25.2 Å². The number of hydrogen-bond acceptors (Lipinski definition) is 3. The van der Waals surface area contributed by atoms with Crippen molar-refractivity contribution < 1.29 is 4.79 Å². The van der Waals surface area contributed by atoms with Crippen molar-refractivity contribution in [1.82, 2.24) is 9.88 Å². The molecule has 1 aliphatic rings. The molecule has 3 heteroatoms. The quantitative estimate of drug-likeness (QED) is 0.678. The van der Waals surface area contributed by atoms with Gasteiger partial charge in [-0.25, -0.2) is 0 Å². The Labute approximate surface area is 84.8 Å². The summed E-state index contributed by atoms with van der Waals surface area (Å²) in [6.07, 6.45) is 6.41. The molecule has 0 bridgehead atoms. The van der Waals surface area contributed by atoms with Gasteiger partial charge in [0.15, 0.2) is 0 Å². The van der Waals surface area contributed by atoms with Crippen molar-refractivity contribution in [2.24, 2.45) is 0 Å². The fraction of sp³-hybridized carbons (Fsp3) is 0.455. The lowest BCUT2D eigenvalue weighted by atomic mass is 10.1. The first-order valence-corrected chi connectivity index (χ1v) is 4.77. The van der Waals surface area contributed by atoms with Crippen molar-refractivity contribution in [3.8, 4) is 0 Å². The molecule has 2 heterocycles. The molecule has 0 amide bonds. The summed E-state index contributed by atoms with van der Waals surface area (Å²) in [5.74, 6) is 0. The molecule has 0 aromatic carbocycles. The molecule has 1 atom stereocenters. The van der Waals surface area contributed by atoms with Gasteiger partial charge in [0, 0.05) is 18.4 Å². The molecule has 0 aliphatic carbocycles. The minimum atomic E-state index is 0.610. The monoisotopic (exact) mass is 192 g/mol. The van der Waals surface area contributed by atoms with E-state index < -0.39 is 0 Å². The predicted octanol–water partition coefficient (Wildman–Crippen LogP) is 1.66. The van der Waals surface area contributed by atoms with Gasteiger partial charge in [-0.1, -0.05) is 6.07 Å². The second kappa shape index (κ2) is 5.50. The van der Waals surface area contributed by atoms with Crippen molar-refractivity contribution >= 4 is 6.79 Å². The Morgan fingerprint density at radius 3 is 2.86 bits per heavy atom. The summed E-state index contributed by atoms with van der Waals surface area (Å²) >= 11 is 0. The van der Waals surface area contributed by atoms with E-state index in [0.29, 0.717) is 6.04 Å². The first kappa shape index (κ1) is 10.9. The topological polar surface area (TPSA) is 33.2 Å². The van der Waals surface area contributed by atoms with Crippen LogP contribution in [0.2, 0.25) is 0 Å². The Kier molecular flexibility index (Phi) is 4.26. The van der Waals surface area contributed by atoms with Gasteiger partial charge in [0.05, 0.1) is 0 Å². The number of hydrogen-bond donors (Lipinski definition) is 0. The van der Waals surface area contributed by atoms with E-state index >= 15 is 0 Å². The molecule has 0 saturated carbocycles. The zero-order chi connectivity index (χ0) is 10.4. The smallest absolute Gasteiger partial charge is 0.106 e. The van der Waals surface area contributed by atoms with Gasteiger partial charge in [0.25, 0.3) is 0 Å². The SMILES string of the molecule is C=O.CN1CCCC1c1cccnc1. The molecule has 1 unspecified atom stereocenters. The summed E-state index contributed by atoms with van der Waals surface area (Å²) in [5, 5.41) is 0. The Bertz CT molecular complexity index is 263. The highest BCUT2D eigenvalue weighted by Crippen LogP contribution is 2.29. The number of carbonyl (C=O) groups excluding carboxylic acids is 1. The number of pyridine rings is 1. The Morgan fingerprint density at radius 2 is 2.36 bits per heavy atom. The lowest BCUT2D eigenvalue weighted by Crippen LogP contribution is -2.17. The van der Waals surface area contributed by atoms with E-state index in [9.17, 15) is 0 Å². The van der Waals surface area contributed by atoms with Crippen molar-refractivity contribution in [2.45, 2.75) is 18.9 Å². The molecule has 14 heavy (non-hydrogen) atoms. The molecule has 76 valence electrons. The summed E-state index contributed by atoms with van der Waals surface area (Å²) in [6, 6.07) is 4.79. The van der Waals surface area contributed by atoms with Crippen LogP contribution in [0.1, 0.15) is 24.4 Å². The van der Waals surface area contributed by atoms with Crippen LogP contribution in [0.15, 0.2) is 24.5 Å². The highest BCUT2D eigenvalue weighted by molar-refractivity contribution is 5.14. The number of aromatic nitrogens is 1. The summed E-state index contributed by atoms with van der Waals surface area (Å²) in [4.78, 5) is 14.5. The number of rotatable bonds is 1. The van der Waals surface area contributed by atoms with E-state index in [1.165, 1.54) is 24.9 Å². The Hall–Kier alpha value is -1.22. The van der Waals surface area contributed by atoms with Crippen LogP contribution in [0, 0.1) is 0 Å². The summed E-state index contributed by atoms with van der Waals surface area (Å²) in [6.45, 7) is 3.22. The first-order valence-electron chi connectivity index (χ1n) is 4.77. The standard InChI is InChI=1S/C10H14N2.CH2O/c1-12-7-3-5-10(12)9-4-2-6-11-8-9;1-2/h2,4,6,8,10H,3,5,7H2,1H3;1H2. The first-order chi connectivity index (χ1) is 6.88. The minimum absolute atomic E-state index is 0.610. The fourth-order valence-corrected chi connectivity index (χ4v) is 1.90. The zero-order valence-corrected chi connectivity index (χ0v) is 8.52. The van der Waals surface area contributed by atoms with Crippen molar-refractivity contribution in [1.29, 1.82) is 0 Å². The second-order valence-corrected chi connectivity index (χ2v) is 3.42. The molecule has 1 fully saturated rings. The van der Waals surface area contributed by atoms with Crippen molar-refractivity contribution in [3.63, 3.8) is 0 Å². The molecule has 0 radical (unpaired) electrons. The molecule has 1 aromatic heterocycles. The van der Waals surface area contributed by atoms with Crippen LogP contribution in [0.4, 0.5) is 0 Å². The molecule has 1 aliphatic heterocycles. The maximum atomic E-state index is 8.00. The van der Waals surface area contributed by atoms with Crippen molar-refractivity contribution in [3.05, 3.63) is 30.1 Å². The second-order valence-electron chi connectivity index (χ2n) is 3.42. The van der Waals surface area contributed by atoms with E-state index in [4.69, 9.17) is 4.79 Å². The Balaban J connectivity index is 0.000000461. The normalized spacial score (nSPS) is 21.4. The van der Waals surface area contributed by atoms with Gasteiger partial charge in [-0.3, -0.25) is 9.88 Å². The predicted molar refractivity (Wildman–Crippen MR) is 56.0 cm³/mol. The van der Waals surface area contributed by atoms with Crippen LogP contribution in [0.3, 0.4) is 0 Å². The van der Waals surface area contributed by atoms with Crippen LogP contribution < -0.4 is 0 Å². The molecule has 0 spiro atoms. The average molecular weight is 192 g/mol. The molecule has 0 N–H and O–H groups in total. The summed E-state index contributed by atoms with van der Waals surface area (Å²) < 4.78 is 0. The van der Waals surface area contributed by atoms with Crippen LogP contribution in [-0.4, -0.2) is 30.3 Å². The van der Waals surface area contributed by atoms with E-state index in [1.54, 1.807) is 0 Å². The Morgan fingerprint density at radius 1 is 1.57 bits per heavy atom. The highest BCUT2D eigenvalue weighted by Gasteiger charge is 2.21. The van der Waals surface area contributed by atoms with E-state index in [-0.39, 0.29) is 0 Å². The maximum Gasteiger partial charge on any atom is 0.106 e. The third kappa shape index (κ3) is 2.39. The molecule has 3 nitrogen and oxygen atoms in total. The zero-order valence-electron chi connectivity index (χ0n) is 8.52. The van der Waals surface area contributed by atoms with Gasteiger partial charge < -0.3 is 4.79 Å². The van der Waals surface area contributed by atoms with Gasteiger partial charge in [0.1, 0.15) is 6.79 Å². The third-order valence-corrected chi connectivity index (χ3v) is 2.59. The van der Waals surface area contributed by atoms with E-state index in [2.05, 4.69) is 23.0 Å². The molecular formula is C11H16N2O. The number of likely N-dealkylation sites (tertiary alicyclic amines) is 1. The third-order valence-electron chi connectivity index (χ3n) is 2.59. The lowest BCUT2D eigenvalue weighted by Gasteiger charge is -2.18. The number of carbonyl (C=O) groups is 1. The molecular weight excluding hydrogens is 176 g/mol. The van der Waals surface area contributed by atoms with Gasteiger partial charge in [-0.2, -0.15) is 0 Å². The van der Waals surface area contributed by atoms with Crippen molar-refractivity contribution in [2.75, 3.05) is 13.6 Å². The number of nitrogens with zero attached hydrogens (tertiary/aromatic N) is 2. The van der Waals surface area contributed by atoms with Crippen LogP contribution in [-0.2, 0) is 4.79 Å². The molecule has 1 saturated heterocycles. The van der Waals surface area contributed by atoms with Gasteiger partial charge in [-0.15, -0.1) is 0 Å². The van der Waals surface area contributed by atoms with Crippen LogP contribution in [0.25, 0.3) is 0 Å². The van der Waals surface area contributed by atoms with Gasteiger partial charge >= 0.3 is 0 Å². The van der Waals surface area contributed by atoms with E-state index in [0.717, 1.165) is 0 Å². The van der Waals surface area contributed by atoms with Gasteiger partial charge in [0.2, 0.25) is 0 Å². The summed E-state index contributed by atoms with van der Waals surface area (Å²) in [7, 11) is 2.19. The minimum Gasteiger partial charge on any atom is -0.307 e. The highest BCUT2D eigenvalue weighted by atomic mass is 16.1. The molecule has 2 rings (SSSR count). The van der Waals surface area contributed by atoms with Gasteiger partial charge in [-0.05, 0) is 38.1 Å². The summed E-state index contributed by atoms with van der Waals surface area (Å²) in [5.41, 5.74) is 1.36. The maximum absolute atomic E-state index is 8.00. The fourth-order valence-electron chi connectivity index (χ4n) is 1.90.